The average molecular weight is 227 g/mol. The summed E-state index contributed by atoms with van der Waals surface area (Å²) in [5.41, 5.74) is 1.03. The van der Waals surface area contributed by atoms with Gasteiger partial charge >= 0.3 is 4.87 Å². The molecule has 1 saturated heterocycles. The number of nitrogens with zero attached hydrogens (tertiary/aromatic N) is 2. The topological polar surface area (TPSA) is 39.3 Å². The predicted molar refractivity (Wildman–Crippen MR) is 62.5 cm³/mol. The molecule has 2 rings (SSSR count). The highest BCUT2D eigenvalue weighted by Gasteiger charge is 2.15. The van der Waals surface area contributed by atoms with Crippen LogP contribution in [0.2, 0.25) is 0 Å². The van der Waals surface area contributed by atoms with Gasteiger partial charge in [0.2, 0.25) is 0 Å². The van der Waals surface area contributed by atoms with Crippen LogP contribution in [0.3, 0.4) is 0 Å². The third-order valence-corrected chi connectivity index (χ3v) is 3.86. The molecule has 0 atom stereocenters. The summed E-state index contributed by atoms with van der Waals surface area (Å²) in [5, 5.41) is 0. The molecule has 1 aromatic heterocycles. The molecule has 1 aromatic rings. The number of nitrogens with one attached hydrogen (secondary N) is 1. The van der Waals surface area contributed by atoms with Crippen molar-refractivity contribution in [2.75, 3.05) is 33.2 Å². The SMILES string of the molecule is Cc1[nH]c(=O)sc1CN1CCN(C)CC1. The first kappa shape index (κ1) is 10.9. The Kier molecular flexibility index (Phi) is 3.23. The summed E-state index contributed by atoms with van der Waals surface area (Å²) >= 11 is 1.34. The number of aryl methyl sites for hydroxylation is 1. The minimum atomic E-state index is 0.0663. The van der Waals surface area contributed by atoms with Crippen LogP contribution in [-0.4, -0.2) is 48.0 Å². The quantitative estimate of drug-likeness (QED) is 0.799. The smallest absolute Gasteiger partial charge is 0.304 e. The van der Waals surface area contributed by atoms with Gasteiger partial charge in [-0.15, -0.1) is 0 Å². The molecule has 0 spiro atoms. The molecule has 15 heavy (non-hydrogen) atoms. The molecular formula is C10H17N3OS. The molecule has 84 valence electrons. The number of H-pyrrole nitrogens is 1. The van der Waals surface area contributed by atoms with Gasteiger partial charge in [0.05, 0.1) is 0 Å². The second kappa shape index (κ2) is 4.47. The van der Waals surface area contributed by atoms with E-state index in [1.54, 1.807) is 0 Å². The monoisotopic (exact) mass is 227 g/mol. The van der Waals surface area contributed by atoms with Crippen LogP contribution in [-0.2, 0) is 6.54 Å². The molecule has 5 heteroatoms. The molecule has 1 aliphatic rings. The van der Waals surface area contributed by atoms with E-state index in [0.717, 1.165) is 38.4 Å². The summed E-state index contributed by atoms with van der Waals surface area (Å²) in [5.74, 6) is 0. The Bertz CT molecular complexity index is 376. The molecule has 0 bridgehead atoms. The number of likely N-dealkylation sites (N-methyl/N-ethyl adjacent to an activating group) is 1. The highest BCUT2D eigenvalue weighted by atomic mass is 32.1. The number of aromatic nitrogens is 1. The number of hydrogen-bond donors (Lipinski definition) is 1. The van der Waals surface area contributed by atoms with Crippen LogP contribution in [0.25, 0.3) is 0 Å². The zero-order valence-electron chi connectivity index (χ0n) is 9.25. The summed E-state index contributed by atoms with van der Waals surface area (Å²) < 4.78 is 0. The summed E-state index contributed by atoms with van der Waals surface area (Å²) in [6.45, 7) is 7.34. The minimum absolute atomic E-state index is 0.0663. The lowest BCUT2D eigenvalue weighted by atomic mass is 10.3. The molecule has 2 heterocycles. The Morgan fingerprint density at radius 1 is 1.33 bits per heavy atom. The largest absolute Gasteiger partial charge is 0.317 e. The lowest BCUT2D eigenvalue weighted by Gasteiger charge is -2.32. The van der Waals surface area contributed by atoms with E-state index in [1.807, 2.05) is 6.92 Å². The number of hydrogen-bond acceptors (Lipinski definition) is 4. The van der Waals surface area contributed by atoms with E-state index >= 15 is 0 Å². The van der Waals surface area contributed by atoms with Gasteiger partial charge in [0.25, 0.3) is 0 Å². The molecule has 0 radical (unpaired) electrons. The van der Waals surface area contributed by atoms with Crippen LogP contribution >= 0.6 is 11.3 Å². The van der Waals surface area contributed by atoms with E-state index in [2.05, 4.69) is 21.8 Å². The van der Waals surface area contributed by atoms with Gasteiger partial charge in [0.1, 0.15) is 0 Å². The van der Waals surface area contributed by atoms with Gasteiger partial charge < -0.3 is 9.88 Å². The highest BCUT2D eigenvalue weighted by molar-refractivity contribution is 7.09. The fourth-order valence-electron chi connectivity index (χ4n) is 1.80. The first-order chi connectivity index (χ1) is 7.15. The van der Waals surface area contributed by atoms with Crippen LogP contribution in [0.15, 0.2) is 4.79 Å². The molecule has 0 aromatic carbocycles. The second-order valence-electron chi connectivity index (χ2n) is 4.14. The lowest BCUT2D eigenvalue weighted by Crippen LogP contribution is -2.43. The summed E-state index contributed by atoms with van der Waals surface area (Å²) in [6, 6.07) is 0. The van der Waals surface area contributed by atoms with Gasteiger partial charge in [-0.2, -0.15) is 0 Å². The number of piperazine rings is 1. The zero-order chi connectivity index (χ0) is 10.8. The van der Waals surface area contributed by atoms with Gasteiger partial charge in [-0.25, -0.2) is 0 Å². The Morgan fingerprint density at radius 2 is 2.00 bits per heavy atom. The average Bonchev–Trinajstić information content (AvgIpc) is 2.49. The van der Waals surface area contributed by atoms with Crippen molar-refractivity contribution in [3.05, 3.63) is 20.2 Å². The molecule has 0 saturated carbocycles. The molecule has 1 N–H and O–H groups in total. The third-order valence-electron chi connectivity index (χ3n) is 2.89. The van der Waals surface area contributed by atoms with Gasteiger partial charge in [-0.1, -0.05) is 11.3 Å². The molecule has 0 unspecified atom stereocenters. The number of thiazole rings is 1. The van der Waals surface area contributed by atoms with E-state index < -0.39 is 0 Å². The Balaban J connectivity index is 1.97. The van der Waals surface area contributed by atoms with Crippen molar-refractivity contribution >= 4 is 11.3 Å². The van der Waals surface area contributed by atoms with Crippen LogP contribution in [0.1, 0.15) is 10.6 Å². The van der Waals surface area contributed by atoms with Crippen molar-refractivity contribution in [1.82, 2.24) is 14.8 Å². The van der Waals surface area contributed by atoms with Crippen molar-refractivity contribution in [3.8, 4) is 0 Å². The molecule has 1 fully saturated rings. The first-order valence-corrected chi connectivity index (χ1v) is 6.06. The van der Waals surface area contributed by atoms with Crippen LogP contribution in [0.5, 0.6) is 0 Å². The van der Waals surface area contributed by atoms with Crippen LogP contribution in [0, 0.1) is 6.92 Å². The van der Waals surface area contributed by atoms with E-state index in [4.69, 9.17) is 0 Å². The van der Waals surface area contributed by atoms with Crippen molar-refractivity contribution in [1.29, 1.82) is 0 Å². The Labute approximate surface area is 93.5 Å². The van der Waals surface area contributed by atoms with E-state index in [1.165, 1.54) is 16.2 Å². The van der Waals surface area contributed by atoms with E-state index in [9.17, 15) is 4.79 Å². The third kappa shape index (κ3) is 2.68. The fraction of sp³-hybridized carbons (Fsp3) is 0.700. The minimum Gasteiger partial charge on any atom is -0.317 e. The maximum Gasteiger partial charge on any atom is 0.304 e. The summed E-state index contributed by atoms with van der Waals surface area (Å²) in [4.78, 5) is 20.0. The molecular weight excluding hydrogens is 210 g/mol. The standard InChI is InChI=1S/C10H17N3OS/c1-8-9(15-10(14)11-8)7-13-5-3-12(2)4-6-13/h3-7H2,1-2H3,(H,11,14). The predicted octanol–water partition coefficient (Wildman–Crippen LogP) is 0.492. The molecule has 0 aliphatic carbocycles. The highest BCUT2D eigenvalue weighted by Crippen LogP contribution is 2.12. The Hall–Kier alpha value is -0.650. The molecule has 4 nitrogen and oxygen atoms in total. The van der Waals surface area contributed by atoms with Gasteiger partial charge in [-0.3, -0.25) is 9.69 Å². The Morgan fingerprint density at radius 3 is 2.53 bits per heavy atom. The normalized spacial score (nSPS) is 19.6. The maximum absolute atomic E-state index is 11.1. The second-order valence-corrected chi connectivity index (χ2v) is 5.21. The van der Waals surface area contributed by atoms with Crippen molar-refractivity contribution in [2.24, 2.45) is 0 Å². The molecule has 0 amide bonds. The summed E-state index contributed by atoms with van der Waals surface area (Å²) in [6.07, 6.45) is 0. The van der Waals surface area contributed by atoms with E-state index in [0.29, 0.717) is 0 Å². The zero-order valence-corrected chi connectivity index (χ0v) is 10.1. The number of rotatable bonds is 2. The van der Waals surface area contributed by atoms with Crippen LogP contribution < -0.4 is 4.87 Å². The maximum atomic E-state index is 11.1. The lowest BCUT2D eigenvalue weighted by molar-refractivity contribution is 0.149. The summed E-state index contributed by atoms with van der Waals surface area (Å²) in [7, 11) is 2.15. The van der Waals surface area contributed by atoms with Gasteiger partial charge in [-0.05, 0) is 14.0 Å². The van der Waals surface area contributed by atoms with Crippen molar-refractivity contribution < 1.29 is 0 Å². The van der Waals surface area contributed by atoms with Crippen LogP contribution in [0.4, 0.5) is 0 Å². The van der Waals surface area contributed by atoms with Gasteiger partial charge in [0.15, 0.2) is 0 Å². The van der Waals surface area contributed by atoms with E-state index in [-0.39, 0.29) is 4.87 Å². The number of aromatic amines is 1. The molecule has 1 aliphatic heterocycles. The first-order valence-electron chi connectivity index (χ1n) is 5.24. The van der Waals surface area contributed by atoms with Crippen molar-refractivity contribution in [3.63, 3.8) is 0 Å². The van der Waals surface area contributed by atoms with Gasteiger partial charge in [0, 0.05) is 43.3 Å². The van der Waals surface area contributed by atoms with Crippen molar-refractivity contribution in [2.45, 2.75) is 13.5 Å². The fourth-order valence-corrected chi connectivity index (χ4v) is 2.68.